The van der Waals surface area contributed by atoms with E-state index < -0.39 is 0 Å². The van der Waals surface area contributed by atoms with Crippen LogP contribution in [-0.4, -0.2) is 29.9 Å². The van der Waals surface area contributed by atoms with Crippen molar-refractivity contribution >= 4 is 21.8 Å². The van der Waals surface area contributed by atoms with E-state index in [1.54, 1.807) is 17.0 Å². The second kappa shape index (κ2) is 5.14. The molecule has 2 rings (SSSR count). The summed E-state index contributed by atoms with van der Waals surface area (Å²) in [6.07, 6.45) is 0.921. The molecular weight excluding hydrogens is 287 g/mol. The highest BCUT2D eigenvalue weighted by Crippen LogP contribution is 2.17. The van der Waals surface area contributed by atoms with Gasteiger partial charge in [-0.25, -0.2) is 4.39 Å². The molecule has 92 valence electrons. The first-order valence-electron chi connectivity index (χ1n) is 5.53. The molecule has 1 aromatic carbocycles. The second-order valence-electron chi connectivity index (χ2n) is 4.30. The third-order valence-electron chi connectivity index (χ3n) is 2.93. The molecule has 0 aliphatic carbocycles. The van der Waals surface area contributed by atoms with Gasteiger partial charge in [-0.15, -0.1) is 0 Å². The van der Waals surface area contributed by atoms with Crippen LogP contribution in [0.25, 0.3) is 0 Å². The minimum Gasteiger partial charge on any atom is -0.341 e. The van der Waals surface area contributed by atoms with Crippen LogP contribution >= 0.6 is 15.9 Å². The Bertz CT molecular complexity index is 439. The zero-order chi connectivity index (χ0) is 12.4. The molecule has 1 heterocycles. The molecule has 1 amide bonds. The van der Waals surface area contributed by atoms with E-state index in [9.17, 15) is 9.18 Å². The molecule has 1 aromatic rings. The third-order valence-corrected chi connectivity index (χ3v) is 3.42. The van der Waals surface area contributed by atoms with E-state index in [2.05, 4.69) is 15.9 Å². The molecule has 1 aliphatic heterocycles. The largest absolute Gasteiger partial charge is 0.341 e. The lowest BCUT2D eigenvalue weighted by atomic mass is 10.1. The number of likely N-dealkylation sites (tertiary alicyclic amines) is 1. The smallest absolute Gasteiger partial charge is 0.227 e. The molecule has 17 heavy (non-hydrogen) atoms. The van der Waals surface area contributed by atoms with Gasteiger partial charge in [0.1, 0.15) is 5.82 Å². The maximum absolute atomic E-state index is 13.5. The van der Waals surface area contributed by atoms with Crippen LogP contribution in [0.2, 0.25) is 0 Å². The summed E-state index contributed by atoms with van der Waals surface area (Å²) < 4.78 is 14.3. The summed E-state index contributed by atoms with van der Waals surface area (Å²) in [5.41, 5.74) is 6.16. The number of rotatable bonds is 2. The number of nitrogens with two attached hydrogens (primary N) is 1. The number of hydrogen-bond donors (Lipinski definition) is 1. The van der Waals surface area contributed by atoms with Gasteiger partial charge in [0, 0.05) is 23.6 Å². The summed E-state index contributed by atoms with van der Waals surface area (Å²) >= 11 is 3.27. The summed E-state index contributed by atoms with van der Waals surface area (Å²) in [5.74, 6) is -0.403. The van der Waals surface area contributed by atoms with Crippen LogP contribution in [0.15, 0.2) is 22.7 Å². The van der Waals surface area contributed by atoms with Crippen molar-refractivity contribution in [2.24, 2.45) is 5.73 Å². The van der Waals surface area contributed by atoms with Gasteiger partial charge in [0.2, 0.25) is 5.91 Å². The van der Waals surface area contributed by atoms with Crippen molar-refractivity contribution in [1.82, 2.24) is 4.90 Å². The van der Waals surface area contributed by atoms with Gasteiger partial charge >= 0.3 is 0 Å². The van der Waals surface area contributed by atoms with E-state index >= 15 is 0 Å². The lowest BCUT2D eigenvalue weighted by Crippen LogP contribution is -2.33. The predicted octanol–water partition coefficient (Wildman–Crippen LogP) is 1.69. The lowest BCUT2D eigenvalue weighted by molar-refractivity contribution is -0.129. The average Bonchev–Trinajstić information content (AvgIpc) is 2.70. The zero-order valence-corrected chi connectivity index (χ0v) is 10.9. The van der Waals surface area contributed by atoms with E-state index in [1.165, 1.54) is 6.07 Å². The molecule has 1 aliphatic rings. The van der Waals surface area contributed by atoms with Gasteiger partial charge in [-0.3, -0.25) is 4.79 Å². The number of carbonyl (C=O) groups excluding carboxylic acids is 1. The maximum Gasteiger partial charge on any atom is 0.227 e. The van der Waals surface area contributed by atoms with Gasteiger partial charge in [0.15, 0.2) is 0 Å². The van der Waals surface area contributed by atoms with Crippen LogP contribution < -0.4 is 5.73 Å². The van der Waals surface area contributed by atoms with Crippen LogP contribution in [0.5, 0.6) is 0 Å². The highest BCUT2D eigenvalue weighted by atomic mass is 79.9. The van der Waals surface area contributed by atoms with Gasteiger partial charge < -0.3 is 10.6 Å². The Kier molecular flexibility index (Phi) is 3.79. The number of carbonyl (C=O) groups is 1. The molecule has 3 nitrogen and oxygen atoms in total. The van der Waals surface area contributed by atoms with Gasteiger partial charge in [-0.05, 0) is 30.2 Å². The average molecular weight is 301 g/mol. The molecule has 5 heteroatoms. The Morgan fingerprint density at radius 1 is 1.59 bits per heavy atom. The maximum atomic E-state index is 13.5. The first kappa shape index (κ1) is 12.5. The van der Waals surface area contributed by atoms with E-state index in [0.717, 1.165) is 10.9 Å². The van der Waals surface area contributed by atoms with Crippen molar-refractivity contribution in [3.05, 3.63) is 34.1 Å². The highest BCUT2D eigenvalue weighted by Gasteiger charge is 2.24. The Labute approximate surface area is 108 Å². The Hall–Kier alpha value is -0.940. The van der Waals surface area contributed by atoms with Crippen molar-refractivity contribution < 1.29 is 9.18 Å². The van der Waals surface area contributed by atoms with E-state index in [0.29, 0.717) is 18.7 Å². The van der Waals surface area contributed by atoms with Crippen molar-refractivity contribution in [2.75, 3.05) is 13.1 Å². The van der Waals surface area contributed by atoms with Crippen molar-refractivity contribution in [1.29, 1.82) is 0 Å². The van der Waals surface area contributed by atoms with Crippen LogP contribution in [-0.2, 0) is 11.2 Å². The Morgan fingerprint density at radius 2 is 2.35 bits per heavy atom. The molecule has 1 atom stereocenters. The van der Waals surface area contributed by atoms with Crippen molar-refractivity contribution in [3.63, 3.8) is 0 Å². The van der Waals surface area contributed by atoms with Gasteiger partial charge in [0.05, 0.1) is 6.42 Å². The topological polar surface area (TPSA) is 46.3 Å². The first-order chi connectivity index (χ1) is 8.06. The third kappa shape index (κ3) is 3.04. The summed E-state index contributed by atoms with van der Waals surface area (Å²) in [6.45, 7) is 1.25. The van der Waals surface area contributed by atoms with E-state index in [1.807, 2.05) is 0 Å². The molecule has 2 N–H and O–H groups in total. The monoisotopic (exact) mass is 300 g/mol. The fourth-order valence-electron chi connectivity index (χ4n) is 1.97. The van der Waals surface area contributed by atoms with E-state index in [-0.39, 0.29) is 24.2 Å². The van der Waals surface area contributed by atoms with E-state index in [4.69, 9.17) is 5.73 Å². The van der Waals surface area contributed by atoms with Crippen LogP contribution in [0.4, 0.5) is 4.39 Å². The van der Waals surface area contributed by atoms with Crippen molar-refractivity contribution in [2.45, 2.75) is 18.9 Å². The summed E-state index contributed by atoms with van der Waals surface area (Å²) in [4.78, 5) is 13.6. The predicted molar refractivity (Wildman–Crippen MR) is 67.0 cm³/mol. The minimum absolute atomic E-state index is 0.0602. The van der Waals surface area contributed by atoms with Crippen LogP contribution in [0.1, 0.15) is 12.0 Å². The SMILES string of the molecule is N[C@H]1CCN(C(=O)Cc2cc(Br)ccc2F)C1. The first-order valence-corrected chi connectivity index (χ1v) is 6.33. The highest BCUT2D eigenvalue weighted by molar-refractivity contribution is 9.10. The lowest BCUT2D eigenvalue weighted by Gasteiger charge is -2.16. The normalized spacial score (nSPS) is 19.7. The molecule has 0 spiro atoms. The van der Waals surface area contributed by atoms with Gasteiger partial charge in [-0.1, -0.05) is 15.9 Å². The molecule has 1 saturated heterocycles. The quantitative estimate of drug-likeness (QED) is 0.903. The summed E-state index contributed by atoms with van der Waals surface area (Å²) in [7, 11) is 0. The summed E-state index contributed by atoms with van der Waals surface area (Å²) in [5, 5.41) is 0. The van der Waals surface area contributed by atoms with Gasteiger partial charge in [-0.2, -0.15) is 0 Å². The van der Waals surface area contributed by atoms with Gasteiger partial charge in [0.25, 0.3) is 0 Å². The zero-order valence-electron chi connectivity index (χ0n) is 9.33. The number of halogens is 2. The number of amides is 1. The fraction of sp³-hybridized carbons (Fsp3) is 0.417. The van der Waals surface area contributed by atoms with Crippen LogP contribution in [0.3, 0.4) is 0 Å². The standard InChI is InChI=1S/C12H14BrFN2O/c13-9-1-2-11(14)8(5-9)6-12(17)16-4-3-10(15)7-16/h1-2,5,10H,3-4,6-7,15H2/t10-/m0/s1. The molecule has 0 aromatic heterocycles. The van der Waals surface area contributed by atoms with Crippen molar-refractivity contribution in [3.8, 4) is 0 Å². The molecule has 0 radical (unpaired) electrons. The second-order valence-corrected chi connectivity index (χ2v) is 5.22. The fourth-order valence-corrected chi connectivity index (χ4v) is 2.38. The Morgan fingerprint density at radius 3 is 3.00 bits per heavy atom. The number of benzene rings is 1. The van der Waals surface area contributed by atoms with Crippen LogP contribution in [0, 0.1) is 5.82 Å². The number of nitrogens with zero attached hydrogens (tertiary/aromatic N) is 1. The molecule has 1 fully saturated rings. The molecule has 0 unspecified atom stereocenters. The molecule has 0 saturated carbocycles. The Balaban J connectivity index is 2.05. The summed E-state index contributed by atoms with van der Waals surface area (Å²) in [6, 6.07) is 4.69. The molecular formula is C12H14BrFN2O. The minimum atomic E-state index is -0.343. The molecule has 0 bridgehead atoms. The number of hydrogen-bond acceptors (Lipinski definition) is 2.